The highest BCUT2D eigenvalue weighted by molar-refractivity contribution is 7.93. The fourth-order valence-electron chi connectivity index (χ4n) is 2.80. The first kappa shape index (κ1) is 16.5. The molecule has 0 unspecified atom stereocenters. The predicted molar refractivity (Wildman–Crippen MR) is 94.7 cm³/mol. The number of carbonyl (C=O) groups is 1. The van der Waals surface area contributed by atoms with E-state index in [0.717, 1.165) is 12.0 Å². The molecular formula is C18H20N2O3S. The van der Waals surface area contributed by atoms with Crippen molar-refractivity contribution in [3.63, 3.8) is 0 Å². The van der Waals surface area contributed by atoms with Gasteiger partial charge in [-0.25, -0.2) is 8.42 Å². The molecule has 0 saturated carbocycles. The van der Waals surface area contributed by atoms with Crippen LogP contribution in [0.1, 0.15) is 22.3 Å². The van der Waals surface area contributed by atoms with E-state index in [1.54, 1.807) is 24.3 Å². The van der Waals surface area contributed by atoms with E-state index in [-0.39, 0.29) is 11.7 Å². The highest BCUT2D eigenvalue weighted by Gasteiger charge is 2.28. The van der Waals surface area contributed by atoms with Crippen molar-refractivity contribution in [2.24, 2.45) is 0 Å². The number of amides is 1. The summed E-state index contributed by atoms with van der Waals surface area (Å²) in [5.74, 6) is -0.0232. The Hall–Kier alpha value is -2.34. The third-order valence-corrected chi connectivity index (χ3v) is 5.91. The lowest BCUT2D eigenvalue weighted by Gasteiger charge is -2.17. The first-order valence-electron chi connectivity index (χ1n) is 7.99. The molecule has 5 nitrogen and oxygen atoms in total. The zero-order valence-electron chi connectivity index (χ0n) is 13.3. The van der Waals surface area contributed by atoms with Crippen molar-refractivity contribution in [1.82, 2.24) is 5.32 Å². The van der Waals surface area contributed by atoms with Crippen LogP contribution in [0.15, 0.2) is 54.6 Å². The smallest absolute Gasteiger partial charge is 0.251 e. The summed E-state index contributed by atoms with van der Waals surface area (Å²) in [6.07, 6.45) is 1.38. The SMILES string of the molecule is O=C(NCCc1ccccc1)c1cccc(N2CCCS2(=O)=O)c1. The standard InChI is InChI=1S/C18H20N2O3S/c21-18(19-11-10-15-6-2-1-3-7-15)16-8-4-9-17(14-16)20-12-5-13-24(20,22)23/h1-4,6-9,14H,5,10-13H2,(H,19,21). The Balaban J connectivity index is 1.64. The molecule has 1 N–H and O–H groups in total. The second kappa shape index (κ2) is 7.05. The van der Waals surface area contributed by atoms with Crippen LogP contribution in [0.2, 0.25) is 0 Å². The fraction of sp³-hybridized carbons (Fsp3) is 0.278. The molecule has 1 fully saturated rings. The lowest BCUT2D eigenvalue weighted by atomic mass is 10.1. The Kier molecular flexibility index (Phi) is 4.85. The van der Waals surface area contributed by atoms with Gasteiger partial charge in [-0.15, -0.1) is 0 Å². The molecule has 1 amide bonds. The van der Waals surface area contributed by atoms with Gasteiger partial charge in [-0.2, -0.15) is 0 Å². The molecule has 0 aromatic heterocycles. The zero-order chi connectivity index (χ0) is 17.0. The number of carbonyl (C=O) groups excluding carboxylic acids is 1. The Morgan fingerprint density at radius 2 is 1.88 bits per heavy atom. The molecule has 24 heavy (non-hydrogen) atoms. The fourth-order valence-corrected chi connectivity index (χ4v) is 4.36. The summed E-state index contributed by atoms with van der Waals surface area (Å²) in [4.78, 5) is 12.3. The second-order valence-electron chi connectivity index (χ2n) is 5.78. The first-order chi connectivity index (χ1) is 11.6. The third kappa shape index (κ3) is 3.76. The average Bonchev–Trinajstić information content (AvgIpc) is 2.95. The molecule has 0 spiro atoms. The van der Waals surface area contributed by atoms with Crippen molar-refractivity contribution in [1.29, 1.82) is 0 Å². The quantitative estimate of drug-likeness (QED) is 0.904. The number of anilines is 1. The number of nitrogens with zero attached hydrogens (tertiary/aromatic N) is 1. The Morgan fingerprint density at radius 1 is 1.08 bits per heavy atom. The molecule has 6 heteroatoms. The second-order valence-corrected chi connectivity index (χ2v) is 7.80. The van der Waals surface area contributed by atoms with Gasteiger partial charge in [0.2, 0.25) is 10.0 Å². The van der Waals surface area contributed by atoms with Gasteiger partial charge in [0.25, 0.3) is 5.91 Å². The van der Waals surface area contributed by atoms with Gasteiger partial charge >= 0.3 is 0 Å². The summed E-state index contributed by atoms with van der Waals surface area (Å²) >= 11 is 0. The molecule has 0 atom stereocenters. The lowest BCUT2D eigenvalue weighted by Crippen LogP contribution is -2.27. The monoisotopic (exact) mass is 344 g/mol. The van der Waals surface area contributed by atoms with E-state index < -0.39 is 10.0 Å². The highest BCUT2D eigenvalue weighted by Crippen LogP contribution is 2.24. The summed E-state index contributed by atoms with van der Waals surface area (Å²) in [6, 6.07) is 16.7. The van der Waals surface area contributed by atoms with E-state index >= 15 is 0 Å². The van der Waals surface area contributed by atoms with Crippen LogP contribution in [-0.2, 0) is 16.4 Å². The molecule has 1 heterocycles. The normalized spacial score (nSPS) is 16.1. The van der Waals surface area contributed by atoms with E-state index in [1.807, 2.05) is 30.3 Å². The van der Waals surface area contributed by atoms with Crippen LogP contribution in [-0.4, -0.2) is 33.2 Å². The maximum absolute atomic E-state index is 12.3. The van der Waals surface area contributed by atoms with Crippen LogP contribution in [0.5, 0.6) is 0 Å². The van der Waals surface area contributed by atoms with Crippen LogP contribution in [0.4, 0.5) is 5.69 Å². The Morgan fingerprint density at radius 3 is 2.58 bits per heavy atom. The summed E-state index contributed by atoms with van der Waals surface area (Å²) in [6.45, 7) is 1.01. The third-order valence-electron chi connectivity index (χ3n) is 4.04. The summed E-state index contributed by atoms with van der Waals surface area (Å²) in [7, 11) is -3.23. The number of nitrogens with one attached hydrogen (secondary N) is 1. The number of rotatable bonds is 5. The van der Waals surface area contributed by atoms with E-state index in [1.165, 1.54) is 4.31 Å². The molecule has 2 aromatic carbocycles. The number of hydrogen-bond donors (Lipinski definition) is 1. The maximum atomic E-state index is 12.3. The van der Waals surface area contributed by atoms with Gasteiger partial charge in [0.05, 0.1) is 11.4 Å². The minimum absolute atomic E-state index is 0.167. The van der Waals surface area contributed by atoms with Crippen LogP contribution in [0.25, 0.3) is 0 Å². The van der Waals surface area contributed by atoms with Crippen molar-refractivity contribution < 1.29 is 13.2 Å². The minimum Gasteiger partial charge on any atom is -0.352 e. The van der Waals surface area contributed by atoms with Crippen molar-refractivity contribution >= 4 is 21.6 Å². The van der Waals surface area contributed by atoms with Gasteiger partial charge in [0.15, 0.2) is 0 Å². The van der Waals surface area contributed by atoms with Gasteiger partial charge in [0, 0.05) is 18.7 Å². The van der Waals surface area contributed by atoms with Gasteiger partial charge in [-0.3, -0.25) is 9.10 Å². The van der Waals surface area contributed by atoms with Crippen molar-refractivity contribution in [3.05, 3.63) is 65.7 Å². The molecule has 1 aliphatic heterocycles. The molecule has 126 valence electrons. The van der Waals surface area contributed by atoms with E-state index in [0.29, 0.717) is 30.8 Å². The zero-order valence-corrected chi connectivity index (χ0v) is 14.1. The molecule has 0 bridgehead atoms. The molecule has 0 aliphatic carbocycles. The van der Waals surface area contributed by atoms with E-state index in [4.69, 9.17) is 0 Å². The number of sulfonamides is 1. The molecule has 0 radical (unpaired) electrons. The Labute approximate surface area is 142 Å². The van der Waals surface area contributed by atoms with Crippen LogP contribution < -0.4 is 9.62 Å². The lowest BCUT2D eigenvalue weighted by molar-refractivity contribution is 0.0954. The van der Waals surface area contributed by atoms with Crippen molar-refractivity contribution in [2.45, 2.75) is 12.8 Å². The topological polar surface area (TPSA) is 66.5 Å². The number of benzene rings is 2. The van der Waals surface area contributed by atoms with Crippen LogP contribution in [0.3, 0.4) is 0 Å². The largest absolute Gasteiger partial charge is 0.352 e. The summed E-state index contributed by atoms with van der Waals surface area (Å²) < 4.78 is 25.4. The molecular weight excluding hydrogens is 324 g/mol. The van der Waals surface area contributed by atoms with Crippen LogP contribution >= 0.6 is 0 Å². The van der Waals surface area contributed by atoms with Gasteiger partial charge in [0.1, 0.15) is 0 Å². The van der Waals surface area contributed by atoms with Gasteiger partial charge in [-0.05, 0) is 36.6 Å². The number of hydrogen-bond acceptors (Lipinski definition) is 3. The molecule has 2 aromatic rings. The van der Waals surface area contributed by atoms with E-state index in [2.05, 4.69) is 5.32 Å². The summed E-state index contributed by atoms with van der Waals surface area (Å²) in [5, 5.41) is 2.88. The molecule has 3 rings (SSSR count). The Bertz CT molecular complexity index is 819. The minimum atomic E-state index is -3.23. The van der Waals surface area contributed by atoms with E-state index in [9.17, 15) is 13.2 Å². The molecule has 1 aliphatic rings. The first-order valence-corrected chi connectivity index (χ1v) is 9.60. The highest BCUT2D eigenvalue weighted by atomic mass is 32.2. The molecule has 1 saturated heterocycles. The predicted octanol–water partition coefficient (Wildman–Crippen LogP) is 2.20. The van der Waals surface area contributed by atoms with Crippen LogP contribution in [0, 0.1) is 0 Å². The van der Waals surface area contributed by atoms with Crippen molar-refractivity contribution in [2.75, 3.05) is 23.1 Å². The van der Waals surface area contributed by atoms with Gasteiger partial charge < -0.3 is 5.32 Å². The average molecular weight is 344 g/mol. The summed E-state index contributed by atoms with van der Waals surface area (Å²) in [5.41, 5.74) is 2.19. The maximum Gasteiger partial charge on any atom is 0.251 e. The van der Waals surface area contributed by atoms with Crippen molar-refractivity contribution in [3.8, 4) is 0 Å². The van der Waals surface area contributed by atoms with Gasteiger partial charge in [-0.1, -0.05) is 36.4 Å².